The molecule has 0 aliphatic carbocycles. The molecule has 24 heavy (non-hydrogen) atoms. The van der Waals surface area contributed by atoms with Crippen molar-refractivity contribution in [3.8, 4) is 6.07 Å². The van der Waals surface area contributed by atoms with Gasteiger partial charge in [-0.1, -0.05) is 6.08 Å². The van der Waals surface area contributed by atoms with Crippen LogP contribution in [0.4, 0.5) is 19.0 Å². The van der Waals surface area contributed by atoms with E-state index in [1.165, 1.54) is 11.0 Å². The van der Waals surface area contributed by atoms with Crippen molar-refractivity contribution in [1.29, 1.82) is 5.26 Å². The first-order valence-corrected chi connectivity index (χ1v) is 7.25. The number of nitrogens with zero attached hydrogens (tertiary/aromatic N) is 3. The van der Waals surface area contributed by atoms with E-state index in [4.69, 9.17) is 5.26 Å². The maximum Gasteiger partial charge on any atom is 0.417 e. The number of carbonyl (C=O) groups excluding carboxylic acids is 1. The van der Waals surface area contributed by atoms with Gasteiger partial charge >= 0.3 is 6.18 Å². The number of nitriles is 1. The second-order valence-corrected chi connectivity index (χ2v) is 5.08. The van der Waals surface area contributed by atoms with Crippen molar-refractivity contribution < 1.29 is 18.0 Å². The van der Waals surface area contributed by atoms with Crippen molar-refractivity contribution in [2.75, 3.05) is 31.5 Å². The van der Waals surface area contributed by atoms with Crippen LogP contribution in [0.2, 0.25) is 0 Å². The van der Waals surface area contributed by atoms with Gasteiger partial charge in [-0.3, -0.25) is 4.79 Å². The Morgan fingerprint density at radius 3 is 2.83 bits per heavy atom. The number of alkyl halides is 3. The molecule has 0 bridgehead atoms. The number of amides is 1. The van der Waals surface area contributed by atoms with Crippen molar-refractivity contribution in [2.45, 2.75) is 12.2 Å². The molecule has 0 saturated heterocycles. The average Bonchev–Trinajstić information content (AvgIpc) is 3.02. The zero-order chi connectivity index (χ0) is 17.6. The molecule has 0 saturated carbocycles. The minimum atomic E-state index is -4.40. The summed E-state index contributed by atoms with van der Waals surface area (Å²) in [5.74, 6) is 0.142. The van der Waals surface area contributed by atoms with Gasteiger partial charge in [-0.15, -0.1) is 0 Å². The Balaban J connectivity index is 1.66. The molecule has 1 atom stereocenters. The largest absolute Gasteiger partial charge is 0.417 e. The summed E-state index contributed by atoms with van der Waals surface area (Å²) in [6, 6.07) is 3.71. The van der Waals surface area contributed by atoms with Crippen LogP contribution in [0.3, 0.4) is 0 Å². The molecule has 1 aliphatic rings. The molecule has 0 spiro atoms. The zero-order valence-electron chi connectivity index (χ0n) is 12.7. The number of nitrogens with one attached hydrogen (secondary N) is 2. The number of pyridine rings is 1. The average molecular weight is 339 g/mol. The molecule has 1 aromatic heterocycles. The van der Waals surface area contributed by atoms with E-state index in [-0.39, 0.29) is 12.5 Å². The van der Waals surface area contributed by atoms with Crippen molar-refractivity contribution in [3.05, 3.63) is 36.0 Å². The highest BCUT2D eigenvalue weighted by molar-refractivity contribution is 5.79. The standard InChI is InChI=1S/C15H16F3N5O/c16-15(17,18)11-3-4-13(22-9-11)21-6-5-20-10-14(24)23-7-1-2-12(23)8-19/h1-4,9,12,20H,5-7,10H2,(H,21,22)/t12-/m0/s1. The Hall–Kier alpha value is -2.60. The maximum atomic E-state index is 12.4. The molecule has 1 amide bonds. The third-order valence-corrected chi connectivity index (χ3v) is 3.38. The topological polar surface area (TPSA) is 81.0 Å². The van der Waals surface area contributed by atoms with Crippen LogP contribution in [-0.2, 0) is 11.0 Å². The molecule has 6 nitrogen and oxygen atoms in total. The van der Waals surface area contributed by atoms with Crippen molar-refractivity contribution in [1.82, 2.24) is 15.2 Å². The number of hydrogen-bond acceptors (Lipinski definition) is 5. The van der Waals surface area contributed by atoms with E-state index in [9.17, 15) is 18.0 Å². The molecule has 1 aliphatic heterocycles. The summed E-state index contributed by atoms with van der Waals surface area (Å²) in [7, 11) is 0. The summed E-state index contributed by atoms with van der Waals surface area (Å²) in [5, 5.41) is 14.7. The molecule has 2 rings (SSSR count). The number of anilines is 1. The number of aromatic nitrogens is 1. The fourth-order valence-corrected chi connectivity index (χ4v) is 2.13. The van der Waals surface area contributed by atoms with Gasteiger partial charge in [-0.25, -0.2) is 4.98 Å². The lowest BCUT2D eigenvalue weighted by Crippen LogP contribution is -2.41. The van der Waals surface area contributed by atoms with E-state index in [1.807, 2.05) is 6.07 Å². The number of rotatable bonds is 6. The van der Waals surface area contributed by atoms with Crippen LogP contribution in [-0.4, -0.2) is 48.0 Å². The molecule has 0 fully saturated rings. The number of carbonyl (C=O) groups is 1. The highest BCUT2D eigenvalue weighted by atomic mass is 19.4. The van der Waals surface area contributed by atoms with Gasteiger partial charge in [-0.05, 0) is 18.2 Å². The monoisotopic (exact) mass is 339 g/mol. The van der Waals surface area contributed by atoms with Crippen LogP contribution in [0.1, 0.15) is 5.56 Å². The number of hydrogen-bond donors (Lipinski definition) is 2. The normalized spacial score (nSPS) is 16.9. The minimum Gasteiger partial charge on any atom is -0.369 e. The van der Waals surface area contributed by atoms with Gasteiger partial charge in [0.2, 0.25) is 5.91 Å². The maximum absolute atomic E-state index is 12.4. The summed E-state index contributed by atoms with van der Waals surface area (Å²) in [5.41, 5.74) is -0.803. The fourth-order valence-electron chi connectivity index (χ4n) is 2.13. The zero-order valence-corrected chi connectivity index (χ0v) is 12.7. The first-order valence-electron chi connectivity index (χ1n) is 7.25. The van der Waals surface area contributed by atoms with Crippen molar-refractivity contribution in [2.24, 2.45) is 0 Å². The predicted octanol–water partition coefficient (Wildman–Crippen LogP) is 1.39. The first-order chi connectivity index (χ1) is 11.4. The lowest BCUT2D eigenvalue weighted by atomic mass is 10.3. The van der Waals surface area contributed by atoms with Crippen LogP contribution < -0.4 is 10.6 Å². The summed E-state index contributed by atoms with van der Waals surface area (Å²) < 4.78 is 37.2. The smallest absolute Gasteiger partial charge is 0.369 e. The molecule has 0 radical (unpaired) electrons. The second kappa shape index (κ2) is 7.79. The fraction of sp³-hybridized carbons (Fsp3) is 0.400. The van der Waals surface area contributed by atoms with E-state index in [0.717, 1.165) is 12.3 Å². The van der Waals surface area contributed by atoms with Gasteiger partial charge in [0.05, 0.1) is 18.2 Å². The van der Waals surface area contributed by atoms with Gasteiger partial charge in [0, 0.05) is 25.8 Å². The highest BCUT2D eigenvalue weighted by Crippen LogP contribution is 2.28. The minimum absolute atomic E-state index is 0.0853. The van der Waals surface area contributed by atoms with Crippen LogP contribution in [0.5, 0.6) is 0 Å². The van der Waals surface area contributed by atoms with Gasteiger partial charge < -0.3 is 15.5 Å². The predicted molar refractivity (Wildman–Crippen MR) is 80.9 cm³/mol. The molecule has 0 unspecified atom stereocenters. The summed E-state index contributed by atoms with van der Waals surface area (Å²) >= 11 is 0. The lowest BCUT2D eigenvalue weighted by molar-refractivity contribution is -0.137. The molecular formula is C15H16F3N5O. The third-order valence-electron chi connectivity index (χ3n) is 3.38. The summed E-state index contributed by atoms with van der Waals surface area (Å²) in [4.78, 5) is 17.1. The summed E-state index contributed by atoms with van der Waals surface area (Å²) in [6.07, 6.45) is -0.194. The van der Waals surface area contributed by atoms with E-state index < -0.39 is 17.8 Å². The molecule has 128 valence electrons. The first kappa shape index (κ1) is 17.7. The Kier molecular flexibility index (Phi) is 5.76. The Morgan fingerprint density at radius 1 is 1.42 bits per heavy atom. The molecule has 2 heterocycles. The van der Waals surface area contributed by atoms with Crippen LogP contribution in [0, 0.1) is 11.3 Å². The second-order valence-electron chi connectivity index (χ2n) is 5.08. The SMILES string of the molecule is N#C[C@@H]1C=CCN1C(=O)CNCCNc1ccc(C(F)(F)F)cn1. The molecule has 0 aromatic carbocycles. The van der Waals surface area contributed by atoms with Gasteiger partial charge in [0.15, 0.2) is 0 Å². The third kappa shape index (κ3) is 4.70. The Bertz CT molecular complexity index is 636. The highest BCUT2D eigenvalue weighted by Gasteiger charge is 2.30. The quantitative estimate of drug-likeness (QED) is 0.605. The van der Waals surface area contributed by atoms with Gasteiger partial charge in [0.25, 0.3) is 0 Å². The van der Waals surface area contributed by atoms with Gasteiger partial charge in [0.1, 0.15) is 11.9 Å². The Morgan fingerprint density at radius 2 is 2.21 bits per heavy atom. The van der Waals surface area contributed by atoms with Crippen molar-refractivity contribution in [3.63, 3.8) is 0 Å². The number of halogens is 3. The summed E-state index contributed by atoms with van der Waals surface area (Å²) in [6.45, 7) is 1.33. The molecular weight excluding hydrogens is 323 g/mol. The lowest BCUT2D eigenvalue weighted by Gasteiger charge is -2.19. The molecule has 2 N–H and O–H groups in total. The molecule has 9 heteroatoms. The van der Waals surface area contributed by atoms with E-state index >= 15 is 0 Å². The van der Waals surface area contributed by atoms with E-state index in [0.29, 0.717) is 25.5 Å². The van der Waals surface area contributed by atoms with Gasteiger partial charge in [-0.2, -0.15) is 18.4 Å². The van der Waals surface area contributed by atoms with Crippen LogP contribution in [0.15, 0.2) is 30.5 Å². The van der Waals surface area contributed by atoms with Crippen LogP contribution in [0.25, 0.3) is 0 Å². The van der Waals surface area contributed by atoms with Crippen LogP contribution >= 0.6 is 0 Å². The Labute approximate surface area is 137 Å². The molecule has 1 aromatic rings. The van der Waals surface area contributed by atoms with Crippen molar-refractivity contribution >= 4 is 11.7 Å². The van der Waals surface area contributed by atoms with E-state index in [1.54, 1.807) is 12.2 Å². The van der Waals surface area contributed by atoms with E-state index in [2.05, 4.69) is 15.6 Å².